The van der Waals surface area contributed by atoms with Crippen molar-refractivity contribution < 1.29 is 42.5 Å². The van der Waals surface area contributed by atoms with Crippen LogP contribution in [0.2, 0.25) is 0 Å². The average Bonchev–Trinajstić information content (AvgIpc) is 1.30. The molecule has 5 heteroatoms. The van der Waals surface area contributed by atoms with E-state index in [-0.39, 0.29) is 41.7 Å². The Balaban J connectivity index is 0. The Hall–Kier alpha value is 0.910. The van der Waals surface area contributed by atoms with Crippen molar-refractivity contribution in [1.82, 2.24) is 0 Å². The Bertz CT molecular complexity index is 127. The Kier molecular flexibility index (Phi) is 6.94. The molecule has 0 aliphatic heterocycles. The first-order valence-corrected chi connectivity index (χ1v) is 3.41. The SMILES string of the molecule is [CH2-]CCS(=O)(=O)O.[Na+]. The topological polar surface area (TPSA) is 54.4 Å². The van der Waals surface area contributed by atoms with Crippen LogP contribution in [0.25, 0.3) is 0 Å². The molecule has 0 saturated heterocycles. The molecule has 0 rings (SSSR count). The molecule has 1 N–H and O–H groups in total. The van der Waals surface area contributed by atoms with E-state index in [1.54, 1.807) is 0 Å². The van der Waals surface area contributed by atoms with E-state index in [1.165, 1.54) is 0 Å². The van der Waals surface area contributed by atoms with E-state index >= 15 is 0 Å². The predicted octanol–water partition coefficient (Wildman–Crippen LogP) is -2.90. The molecule has 0 heterocycles. The minimum atomic E-state index is -3.74. The van der Waals surface area contributed by atoms with Crippen LogP contribution in [0.1, 0.15) is 6.42 Å². The third kappa shape index (κ3) is 10.0. The molecule has 0 saturated carbocycles. The van der Waals surface area contributed by atoms with Crippen molar-refractivity contribution in [2.24, 2.45) is 0 Å². The van der Waals surface area contributed by atoms with Crippen LogP contribution in [0.5, 0.6) is 0 Å². The standard InChI is InChI=1S/C3H7O3S.Na/c1-2-3-7(4,5)6;/h1-3H2,(H,4,5,6);/q-1;+1. The number of hydrogen-bond acceptors (Lipinski definition) is 2. The predicted molar refractivity (Wildman–Crippen MR) is 26.4 cm³/mol. The summed E-state index contributed by atoms with van der Waals surface area (Å²) in [5, 5.41) is 0. The first kappa shape index (κ1) is 11.7. The molecule has 0 bridgehead atoms. The van der Waals surface area contributed by atoms with Crippen LogP contribution in [-0.4, -0.2) is 18.7 Å². The summed E-state index contributed by atoms with van der Waals surface area (Å²) >= 11 is 0. The quantitative estimate of drug-likeness (QED) is 0.258. The molecule has 0 amide bonds. The molecular formula is C3H7NaO3S. The van der Waals surface area contributed by atoms with Crippen LogP contribution in [0.3, 0.4) is 0 Å². The maximum atomic E-state index is 9.75. The van der Waals surface area contributed by atoms with Crippen molar-refractivity contribution in [3.05, 3.63) is 6.92 Å². The summed E-state index contributed by atoms with van der Waals surface area (Å²) in [7, 11) is -3.74. The summed E-state index contributed by atoms with van der Waals surface area (Å²) < 4.78 is 27.4. The normalized spacial score (nSPS) is 10.2. The van der Waals surface area contributed by atoms with Crippen molar-refractivity contribution in [3.8, 4) is 0 Å². The van der Waals surface area contributed by atoms with Gasteiger partial charge in [0.2, 0.25) is 0 Å². The Morgan fingerprint density at radius 2 is 1.88 bits per heavy atom. The van der Waals surface area contributed by atoms with Gasteiger partial charge in [-0.05, 0) is 0 Å². The van der Waals surface area contributed by atoms with Crippen LogP contribution in [0.15, 0.2) is 0 Å². The molecule has 8 heavy (non-hydrogen) atoms. The maximum absolute atomic E-state index is 9.75. The molecule has 0 aromatic heterocycles. The van der Waals surface area contributed by atoms with Crippen molar-refractivity contribution in [2.75, 3.05) is 5.75 Å². The molecule has 0 unspecified atom stereocenters. The molecule has 44 valence electrons. The zero-order valence-corrected chi connectivity index (χ0v) is 7.61. The van der Waals surface area contributed by atoms with Crippen LogP contribution in [-0.2, 0) is 10.1 Å². The summed E-state index contributed by atoms with van der Waals surface area (Å²) in [6.07, 6.45) is 0.221. The molecule has 0 aliphatic rings. The van der Waals surface area contributed by atoms with E-state index in [1.807, 2.05) is 0 Å². The van der Waals surface area contributed by atoms with Crippen molar-refractivity contribution in [2.45, 2.75) is 6.42 Å². The van der Waals surface area contributed by atoms with Gasteiger partial charge in [-0.1, -0.05) is 0 Å². The summed E-state index contributed by atoms with van der Waals surface area (Å²) in [5.41, 5.74) is 0. The Labute approximate surface area is 71.5 Å². The van der Waals surface area contributed by atoms with Gasteiger partial charge in [0.25, 0.3) is 10.1 Å². The van der Waals surface area contributed by atoms with Gasteiger partial charge < -0.3 is 6.92 Å². The van der Waals surface area contributed by atoms with Gasteiger partial charge in [-0.2, -0.15) is 14.8 Å². The smallest absolute Gasteiger partial charge is 0.342 e. The van der Waals surface area contributed by atoms with E-state index in [0.717, 1.165) is 0 Å². The fourth-order valence-corrected chi connectivity index (χ4v) is 0.547. The second kappa shape index (κ2) is 4.76. The largest absolute Gasteiger partial charge is 1.00 e. The van der Waals surface area contributed by atoms with Gasteiger partial charge in [0.15, 0.2) is 0 Å². The molecule has 0 atom stereocenters. The average molecular weight is 146 g/mol. The Morgan fingerprint density at radius 1 is 1.50 bits per heavy atom. The maximum Gasteiger partial charge on any atom is 1.00 e. The molecule has 0 aliphatic carbocycles. The molecule has 0 aromatic rings. The summed E-state index contributed by atoms with van der Waals surface area (Å²) in [4.78, 5) is 0. The molecule has 0 radical (unpaired) electrons. The fourth-order valence-electron chi connectivity index (χ4n) is 0.182. The molecular weight excluding hydrogens is 139 g/mol. The minimum Gasteiger partial charge on any atom is -0.342 e. The summed E-state index contributed by atoms with van der Waals surface area (Å²) in [6, 6.07) is 0. The third-order valence-electron chi connectivity index (χ3n) is 0.402. The summed E-state index contributed by atoms with van der Waals surface area (Å²) in [5.74, 6) is -0.243. The van der Waals surface area contributed by atoms with E-state index in [9.17, 15) is 8.42 Å². The van der Waals surface area contributed by atoms with Crippen LogP contribution in [0, 0.1) is 6.92 Å². The van der Waals surface area contributed by atoms with E-state index in [2.05, 4.69) is 6.92 Å². The fraction of sp³-hybridized carbons (Fsp3) is 0.667. The second-order valence-corrected chi connectivity index (χ2v) is 2.71. The van der Waals surface area contributed by atoms with Crippen molar-refractivity contribution >= 4 is 10.1 Å². The van der Waals surface area contributed by atoms with Gasteiger partial charge in [0.1, 0.15) is 0 Å². The van der Waals surface area contributed by atoms with E-state index < -0.39 is 10.1 Å². The first-order chi connectivity index (χ1) is 3.06. The first-order valence-electron chi connectivity index (χ1n) is 1.80. The molecule has 0 fully saturated rings. The van der Waals surface area contributed by atoms with Gasteiger partial charge in [-0.3, -0.25) is 4.55 Å². The van der Waals surface area contributed by atoms with Gasteiger partial charge in [0.05, 0.1) is 0 Å². The van der Waals surface area contributed by atoms with Crippen molar-refractivity contribution in [3.63, 3.8) is 0 Å². The van der Waals surface area contributed by atoms with Crippen LogP contribution < -0.4 is 29.6 Å². The molecule has 0 spiro atoms. The van der Waals surface area contributed by atoms with Gasteiger partial charge in [-0.15, -0.1) is 0 Å². The van der Waals surface area contributed by atoms with Crippen molar-refractivity contribution in [1.29, 1.82) is 0 Å². The zero-order valence-electron chi connectivity index (χ0n) is 4.79. The van der Waals surface area contributed by atoms with E-state index in [0.29, 0.717) is 0 Å². The molecule has 3 nitrogen and oxygen atoms in total. The number of rotatable bonds is 2. The summed E-state index contributed by atoms with van der Waals surface area (Å²) in [6.45, 7) is 3.23. The Morgan fingerprint density at radius 3 is 1.88 bits per heavy atom. The van der Waals surface area contributed by atoms with Gasteiger partial charge in [0, 0.05) is 5.75 Å². The van der Waals surface area contributed by atoms with Crippen LogP contribution >= 0.6 is 0 Å². The van der Waals surface area contributed by atoms with Gasteiger partial charge >= 0.3 is 29.6 Å². The van der Waals surface area contributed by atoms with Crippen LogP contribution in [0.4, 0.5) is 0 Å². The monoisotopic (exact) mass is 146 g/mol. The zero-order chi connectivity index (χ0) is 5.91. The second-order valence-electron chi connectivity index (χ2n) is 1.14. The minimum absolute atomic E-state index is 0. The van der Waals surface area contributed by atoms with Gasteiger partial charge in [-0.25, -0.2) is 0 Å². The third-order valence-corrected chi connectivity index (χ3v) is 1.21. The molecule has 0 aromatic carbocycles. The van der Waals surface area contributed by atoms with E-state index in [4.69, 9.17) is 4.55 Å². The number of hydrogen-bond donors (Lipinski definition) is 1.